The molecule has 4 heterocycles. The molecular formula is C21H14ClN5OS. The predicted octanol–water partition coefficient (Wildman–Crippen LogP) is 5.07. The molecule has 8 heteroatoms. The Bertz CT molecular complexity index is 1400. The van der Waals surface area contributed by atoms with Crippen molar-refractivity contribution >= 4 is 34.0 Å². The lowest BCUT2D eigenvalue weighted by atomic mass is 10.1. The maximum Gasteiger partial charge on any atom is 0.249 e. The highest BCUT2D eigenvalue weighted by atomic mass is 35.5. The SMILES string of the molecule is Cc1ccc(-c2nc(-c3ccnc4[nH]c(=O)ccc34)sc2-c2ncc[nH]2)c(Cl)c1. The van der Waals surface area contributed by atoms with Gasteiger partial charge < -0.3 is 9.97 Å². The van der Waals surface area contributed by atoms with Crippen molar-refractivity contribution in [2.45, 2.75) is 6.92 Å². The van der Waals surface area contributed by atoms with Gasteiger partial charge in [-0.05, 0) is 30.7 Å². The average molecular weight is 420 g/mol. The molecule has 5 aromatic rings. The predicted molar refractivity (Wildman–Crippen MR) is 116 cm³/mol. The monoisotopic (exact) mass is 419 g/mol. The van der Waals surface area contributed by atoms with Crippen LogP contribution in [0.3, 0.4) is 0 Å². The number of aromatic nitrogens is 5. The number of benzene rings is 1. The van der Waals surface area contributed by atoms with Gasteiger partial charge in [-0.15, -0.1) is 11.3 Å². The van der Waals surface area contributed by atoms with Crippen LogP contribution in [0, 0.1) is 6.92 Å². The number of hydrogen-bond donors (Lipinski definition) is 2. The summed E-state index contributed by atoms with van der Waals surface area (Å²) in [5.41, 5.74) is 3.91. The summed E-state index contributed by atoms with van der Waals surface area (Å²) in [6.45, 7) is 2.00. The zero-order chi connectivity index (χ0) is 20.0. The topological polar surface area (TPSA) is 87.3 Å². The summed E-state index contributed by atoms with van der Waals surface area (Å²) in [4.78, 5) is 32.1. The summed E-state index contributed by atoms with van der Waals surface area (Å²) >= 11 is 8.06. The summed E-state index contributed by atoms with van der Waals surface area (Å²) in [6, 6.07) is 11.1. The van der Waals surface area contributed by atoms with E-state index in [1.165, 1.54) is 17.4 Å². The van der Waals surface area contributed by atoms with Crippen LogP contribution in [0.15, 0.2) is 59.8 Å². The van der Waals surface area contributed by atoms with Crippen LogP contribution in [-0.4, -0.2) is 24.9 Å². The average Bonchev–Trinajstić information content (AvgIpc) is 3.37. The van der Waals surface area contributed by atoms with Gasteiger partial charge in [-0.2, -0.15) is 0 Å². The number of nitrogens with one attached hydrogen (secondary N) is 2. The highest BCUT2D eigenvalue weighted by Crippen LogP contribution is 2.42. The van der Waals surface area contributed by atoms with Crippen LogP contribution in [0.2, 0.25) is 5.02 Å². The molecule has 0 bridgehead atoms. The Balaban J connectivity index is 1.77. The lowest BCUT2D eigenvalue weighted by Crippen LogP contribution is -2.03. The van der Waals surface area contributed by atoms with E-state index < -0.39 is 0 Å². The number of imidazole rings is 1. The molecule has 0 radical (unpaired) electrons. The molecule has 6 nitrogen and oxygen atoms in total. The number of halogens is 1. The molecule has 0 aliphatic rings. The summed E-state index contributed by atoms with van der Waals surface area (Å²) in [6.07, 6.45) is 5.16. The van der Waals surface area contributed by atoms with Gasteiger partial charge in [0, 0.05) is 41.2 Å². The fraction of sp³-hybridized carbons (Fsp3) is 0.0476. The highest BCUT2D eigenvalue weighted by molar-refractivity contribution is 7.19. The van der Waals surface area contributed by atoms with E-state index in [2.05, 4.69) is 19.9 Å². The number of thiazole rings is 1. The first kappa shape index (κ1) is 17.8. The molecule has 0 amide bonds. The van der Waals surface area contributed by atoms with Crippen LogP contribution in [0.1, 0.15) is 5.56 Å². The number of nitrogens with zero attached hydrogens (tertiary/aromatic N) is 3. The molecule has 4 aromatic heterocycles. The Labute approximate surface area is 174 Å². The van der Waals surface area contributed by atoms with E-state index in [0.717, 1.165) is 43.5 Å². The molecule has 1 aromatic carbocycles. The normalized spacial score (nSPS) is 11.2. The number of hydrogen-bond acceptors (Lipinski definition) is 5. The van der Waals surface area contributed by atoms with Crippen molar-refractivity contribution in [3.05, 3.63) is 75.9 Å². The van der Waals surface area contributed by atoms with Crippen LogP contribution >= 0.6 is 22.9 Å². The van der Waals surface area contributed by atoms with E-state index >= 15 is 0 Å². The first-order valence-electron chi connectivity index (χ1n) is 8.85. The summed E-state index contributed by atoms with van der Waals surface area (Å²) < 4.78 is 0. The van der Waals surface area contributed by atoms with Crippen LogP contribution in [0.25, 0.3) is 43.6 Å². The minimum absolute atomic E-state index is 0.190. The molecule has 0 saturated carbocycles. The second kappa shape index (κ2) is 6.95. The molecule has 5 rings (SSSR count). The van der Waals surface area contributed by atoms with E-state index in [0.29, 0.717) is 10.7 Å². The molecule has 0 saturated heterocycles. The first-order valence-corrected chi connectivity index (χ1v) is 10.0. The third-order valence-electron chi connectivity index (χ3n) is 4.58. The van der Waals surface area contributed by atoms with Gasteiger partial charge in [0.25, 0.3) is 0 Å². The van der Waals surface area contributed by atoms with Crippen LogP contribution in [-0.2, 0) is 0 Å². The molecule has 142 valence electrons. The number of aromatic amines is 2. The number of H-pyrrole nitrogens is 2. The Morgan fingerprint density at radius 3 is 2.72 bits per heavy atom. The van der Waals surface area contributed by atoms with Gasteiger partial charge >= 0.3 is 0 Å². The maximum atomic E-state index is 11.7. The summed E-state index contributed by atoms with van der Waals surface area (Å²) in [7, 11) is 0. The Kier molecular flexibility index (Phi) is 4.26. The second-order valence-electron chi connectivity index (χ2n) is 6.56. The molecule has 0 spiro atoms. The van der Waals surface area contributed by atoms with Crippen molar-refractivity contribution in [3.63, 3.8) is 0 Å². The largest absolute Gasteiger partial charge is 0.344 e. The first-order chi connectivity index (χ1) is 14.1. The van der Waals surface area contributed by atoms with Crippen LogP contribution in [0.4, 0.5) is 0 Å². The van der Waals surface area contributed by atoms with Gasteiger partial charge in [0.15, 0.2) is 0 Å². The van der Waals surface area contributed by atoms with Gasteiger partial charge in [0.1, 0.15) is 16.5 Å². The summed E-state index contributed by atoms with van der Waals surface area (Å²) in [5, 5.41) is 2.26. The van der Waals surface area contributed by atoms with Gasteiger partial charge in [0.2, 0.25) is 5.56 Å². The standard InChI is InChI=1S/C21H14ClN5OS/c1-11-2-3-14(15(22)10-11)17-18(20-24-8-9-25-20)29-21(27-17)13-6-7-23-19-12(13)4-5-16(28)26-19/h2-10H,1H3,(H,24,25)(H,23,26,28). The molecule has 0 aliphatic heterocycles. The molecule has 0 atom stereocenters. The summed E-state index contributed by atoms with van der Waals surface area (Å²) in [5.74, 6) is 0.729. The number of fused-ring (bicyclic) bond motifs is 1. The van der Waals surface area contributed by atoms with Crippen LogP contribution < -0.4 is 5.56 Å². The van der Waals surface area contributed by atoms with Crippen molar-refractivity contribution in [1.82, 2.24) is 24.9 Å². The van der Waals surface area contributed by atoms with E-state index in [1.807, 2.05) is 31.2 Å². The van der Waals surface area contributed by atoms with Crippen LogP contribution in [0.5, 0.6) is 0 Å². The van der Waals surface area contributed by atoms with E-state index in [1.54, 1.807) is 24.7 Å². The molecule has 29 heavy (non-hydrogen) atoms. The van der Waals surface area contributed by atoms with Gasteiger partial charge in [-0.25, -0.2) is 15.0 Å². The van der Waals surface area contributed by atoms with Crippen molar-refractivity contribution < 1.29 is 0 Å². The highest BCUT2D eigenvalue weighted by Gasteiger charge is 2.20. The van der Waals surface area contributed by atoms with Gasteiger partial charge in [-0.1, -0.05) is 23.7 Å². The maximum absolute atomic E-state index is 11.7. The van der Waals surface area contributed by atoms with Crippen molar-refractivity contribution in [3.8, 4) is 32.5 Å². The molecule has 2 N–H and O–H groups in total. The Hall–Kier alpha value is -3.29. The zero-order valence-electron chi connectivity index (χ0n) is 15.2. The van der Waals surface area contributed by atoms with Gasteiger partial charge in [-0.3, -0.25) is 4.79 Å². The fourth-order valence-corrected chi connectivity index (χ4v) is 4.63. The fourth-order valence-electron chi connectivity index (χ4n) is 3.23. The number of pyridine rings is 2. The molecular weight excluding hydrogens is 406 g/mol. The van der Waals surface area contributed by atoms with E-state index in [4.69, 9.17) is 16.6 Å². The number of rotatable bonds is 3. The molecule has 0 fully saturated rings. The lowest BCUT2D eigenvalue weighted by Gasteiger charge is -2.04. The zero-order valence-corrected chi connectivity index (χ0v) is 16.8. The second-order valence-corrected chi connectivity index (χ2v) is 7.97. The lowest BCUT2D eigenvalue weighted by molar-refractivity contribution is 1.23. The van der Waals surface area contributed by atoms with Gasteiger partial charge in [0.05, 0.1) is 15.6 Å². The quantitative estimate of drug-likeness (QED) is 0.427. The Morgan fingerprint density at radius 2 is 1.93 bits per heavy atom. The third kappa shape index (κ3) is 3.14. The third-order valence-corrected chi connectivity index (χ3v) is 5.99. The van der Waals surface area contributed by atoms with E-state index in [-0.39, 0.29) is 5.56 Å². The van der Waals surface area contributed by atoms with E-state index in [9.17, 15) is 4.79 Å². The molecule has 0 unspecified atom stereocenters. The number of aryl methyl sites for hydroxylation is 1. The minimum Gasteiger partial charge on any atom is -0.344 e. The molecule has 0 aliphatic carbocycles. The van der Waals surface area contributed by atoms with Crippen molar-refractivity contribution in [2.75, 3.05) is 0 Å². The Morgan fingerprint density at radius 1 is 1.03 bits per heavy atom. The van der Waals surface area contributed by atoms with Crippen molar-refractivity contribution in [1.29, 1.82) is 0 Å². The minimum atomic E-state index is -0.190. The van der Waals surface area contributed by atoms with Crippen molar-refractivity contribution in [2.24, 2.45) is 0 Å². The smallest absolute Gasteiger partial charge is 0.249 e.